The number of hydrogen-bond acceptors (Lipinski definition) is 16. The lowest BCUT2D eigenvalue weighted by Crippen LogP contribution is -2.51. The Labute approximate surface area is 487 Å². The first kappa shape index (κ1) is 60.5. The van der Waals surface area contributed by atoms with Gasteiger partial charge in [-0.15, -0.1) is 0 Å². The number of guanidine groups is 1. The zero-order chi connectivity index (χ0) is 60.2. The summed E-state index contributed by atoms with van der Waals surface area (Å²) in [5.41, 5.74) is 10.3. The van der Waals surface area contributed by atoms with Crippen LogP contribution in [0.4, 0.5) is 11.4 Å². The molecule has 0 radical (unpaired) electrons. The van der Waals surface area contributed by atoms with Crippen molar-refractivity contribution in [3.63, 3.8) is 0 Å². The number of anilines is 2. The number of nitrogens with one attached hydrogen (secondary N) is 4. The number of benzene rings is 3. The number of carbonyl (C=O) groups is 2. The number of nitrogens with zero attached hydrogens (tertiary/aromatic N) is 4. The monoisotopic (exact) mass is 1180 g/mol. The molecule has 0 fully saturated rings. The molecule has 0 aromatic heterocycles. The van der Waals surface area contributed by atoms with Crippen LogP contribution in [0.5, 0.6) is 0 Å². The highest BCUT2D eigenvalue weighted by Crippen LogP contribution is 2.53. The fourth-order valence-corrected chi connectivity index (χ4v) is 13.3. The fourth-order valence-electron chi connectivity index (χ4n) is 12.3. The molecular weight excluding hydrogens is 1100 g/mol. The topological polar surface area (TPSA) is 287 Å². The van der Waals surface area contributed by atoms with Crippen molar-refractivity contribution in [3.8, 4) is 0 Å². The van der Waals surface area contributed by atoms with Gasteiger partial charge in [-0.1, -0.05) is 91.3 Å². The highest BCUT2D eigenvalue weighted by atomic mass is 32.2. The van der Waals surface area contributed by atoms with Gasteiger partial charge in [0.15, 0.2) is 17.2 Å². The third kappa shape index (κ3) is 11.9. The molecule has 446 valence electrons. The van der Waals surface area contributed by atoms with Crippen molar-refractivity contribution in [1.29, 1.82) is 0 Å². The Bertz CT molecular complexity index is 3560. The van der Waals surface area contributed by atoms with Crippen LogP contribution in [0.1, 0.15) is 136 Å². The molecule has 4 unspecified atom stereocenters. The molecule has 3 aromatic carbocycles. The molecule has 0 saturated carbocycles. The molecule has 2 amide bonds. The maximum atomic E-state index is 14.0. The third-order valence-corrected chi connectivity index (χ3v) is 19.4. The number of fused-ring (bicyclic) bond motifs is 3. The SMILES string of the molecule is CC1=C(O)C(C)C(C)(C)C2=C1CCC(C)(C(=O)NCCCN1c3ccc(S(=O)(=O)O)cc3C(C)(C)C1/C=C/C=C1/N(CCCCCC(=O)NCc3ccc(COC4=C5NC=NC5(C)N=C(N)N4)cc3)c3ccc(S(=O)(=O)O)cc3C1(C)C)O2. The van der Waals surface area contributed by atoms with Crippen molar-refractivity contribution >= 4 is 55.7 Å². The molecule has 0 spiro atoms. The van der Waals surface area contributed by atoms with Crippen molar-refractivity contribution < 1.29 is 50.1 Å². The second-order valence-electron chi connectivity index (χ2n) is 24.5. The van der Waals surface area contributed by atoms with Gasteiger partial charge in [-0.2, -0.15) is 16.8 Å². The summed E-state index contributed by atoms with van der Waals surface area (Å²) in [6, 6.07) is 16.7. The molecule has 0 saturated heterocycles. The Hall–Kier alpha value is -7.14. The van der Waals surface area contributed by atoms with Gasteiger partial charge in [0.05, 0.1) is 27.9 Å². The number of amides is 2. The van der Waals surface area contributed by atoms with Crippen LogP contribution in [0, 0.1) is 11.3 Å². The standard InChI is InChI=1S/C61H79N9O11S2/c1-37-43-27-28-60(9,81-53(43)57(3,4)38(2)51(37)72)55(73)63-29-15-31-70-47-26-24-42(83(77,78)79)33-45(47)59(7,8)49(70)17-14-16-48-58(5,6)44-32-41(82(74,75)76)23-25-46(44)69(48)30-13-11-12-18-50(71)64-34-39-19-21-40(22-20-39)35-80-54-52-61(10,66-36-65-52)68-56(62)67-54/h14,16-17,19-26,32-33,36,38,49,72H,11-13,15,18,27-31,34-35H2,1-10H3,(H,63,73)(H,64,71)(H,65,66)(H3,62,67,68)(H,74,75,76)(H,77,78,79)/b17-14+,48-16+. The zero-order valence-corrected chi connectivity index (χ0v) is 50.6. The van der Waals surface area contributed by atoms with Gasteiger partial charge in [-0.05, 0) is 122 Å². The lowest BCUT2D eigenvalue weighted by Gasteiger charge is -2.46. The molecule has 20 nitrogen and oxygen atoms in total. The van der Waals surface area contributed by atoms with Crippen molar-refractivity contribution in [1.82, 2.24) is 21.3 Å². The molecule has 5 aliphatic heterocycles. The van der Waals surface area contributed by atoms with Gasteiger partial charge in [0, 0.05) is 78.3 Å². The second-order valence-corrected chi connectivity index (χ2v) is 27.4. The van der Waals surface area contributed by atoms with Crippen molar-refractivity contribution in [2.24, 2.45) is 27.1 Å². The minimum absolute atomic E-state index is 0.0713. The summed E-state index contributed by atoms with van der Waals surface area (Å²) < 4.78 is 82.6. The molecule has 1 aliphatic carbocycles. The van der Waals surface area contributed by atoms with E-state index in [1.165, 1.54) is 24.3 Å². The molecule has 3 aromatic rings. The van der Waals surface area contributed by atoms with E-state index < -0.39 is 47.7 Å². The van der Waals surface area contributed by atoms with Crippen molar-refractivity contribution in [3.05, 3.63) is 141 Å². The first-order valence-corrected chi connectivity index (χ1v) is 31.2. The molecule has 0 bridgehead atoms. The predicted octanol–water partition coefficient (Wildman–Crippen LogP) is 8.55. The molecule has 22 heteroatoms. The number of ether oxygens (including phenoxy) is 2. The smallest absolute Gasteiger partial charge is 0.294 e. The van der Waals surface area contributed by atoms with Gasteiger partial charge in [0.25, 0.3) is 26.1 Å². The number of nitrogens with two attached hydrogens (primary N) is 1. The van der Waals surface area contributed by atoms with E-state index in [2.05, 4.69) is 47.1 Å². The van der Waals surface area contributed by atoms with Crippen LogP contribution < -0.4 is 36.8 Å². The van der Waals surface area contributed by atoms with Crippen LogP contribution in [0.25, 0.3) is 0 Å². The van der Waals surface area contributed by atoms with E-state index in [0.29, 0.717) is 82.0 Å². The highest BCUT2D eigenvalue weighted by Gasteiger charge is 2.50. The van der Waals surface area contributed by atoms with Gasteiger partial charge in [-0.3, -0.25) is 24.0 Å². The Morgan fingerprint density at radius 2 is 1.52 bits per heavy atom. The molecule has 83 heavy (non-hydrogen) atoms. The molecule has 9 N–H and O–H groups in total. The largest absolute Gasteiger partial charge is 0.512 e. The van der Waals surface area contributed by atoms with E-state index in [1.807, 2.05) is 106 Å². The number of aliphatic hydroxyl groups excluding tert-OH is 1. The Morgan fingerprint density at radius 1 is 0.855 bits per heavy atom. The summed E-state index contributed by atoms with van der Waals surface area (Å²) >= 11 is 0. The van der Waals surface area contributed by atoms with E-state index in [1.54, 1.807) is 18.5 Å². The minimum atomic E-state index is -4.52. The molecule has 5 heterocycles. The van der Waals surface area contributed by atoms with E-state index in [-0.39, 0.29) is 46.1 Å². The van der Waals surface area contributed by atoms with Gasteiger partial charge in [0.2, 0.25) is 11.8 Å². The zero-order valence-electron chi connectivity index (χ0n) is 49.0. The van der Waals surface area contributed by atoms with Gasteiger partial charge >= 0.3 is 0 Å². The van der Waals surface area contributed by atoms with E-state index >= 15 is 0 Å². The number of aliphatic imine (C=N–C) groups is 2. The lowest BCUT2D eigenvalue weighted by molar-refractivity contribution is -0.145. The number of unbranched alkanes of at least 4 members (excludes halogenated alkanes) is 2. The fraction of sp³-hybridized carbons (Fsp3) is 0.475. The number of rotatable bonds is 20. The predicted molar refractivity (Wildman–Crippen MR) is 319 cm³/mol. The maximum absolute atomic E-state index is 14.0. The minimum Gasteiger partial charge on any atom is -0.512 e. The third-order valence-electron chi connectivity index (χ3n) is 17.7. The van der Waals surface area contributed by atoms with Gasteiger partial charge in [0.1, 0.15) is 18.1 Å². The number of allylic oxidation sites excluding steroid dienone is 7. The average Bonchev–Trinajstić information content (AvgIpc) is 2.13. The van der Waals surface area contributed by atoms with Crippen LogP contribution in [0.2, 0.25) is 0 Å². The molecule has 4 atom stereocenters. The number of aliphatic hydroxyl groups is 1. The molecular formula is C61H79N9O11S2. The number of carbonyl (C=O) groups excluding carboxylic acids is 2. The van der Waals surface area contributed by atoms with Crippen LogP contribution in [0.3, 0.4) is 0 Å². The first-order chi connectivity index (χ1) is 38.9. The van der Waals surface area contributed by atoms with E-state index in [9.17, 15) is 40.6 Å². The van der Waals surface area contributed by atoms with Gasteiger partial charge in [-0.25, -0.2) is 9.98 Å². The average molecular weight is 1180 g/mol. The summed E-state index contributed by atoms with van der Waals surface area (Å²) in [6.07, 6.45) is 11.5. The molecule has 6 aliphatic rings. The van der Waals surface area contributed by atoms with Crippen LogP contribution in [-0.2, 0) is 63.3 Å². The summed E-state index contributed by atoms with van der Waals surface area (Å²) in [6.45, 7) is 21.6. The first-order valence-electron chi connectivity index (χ1n) is 28.3. The second kappa shape index (κ2) is 22.5. The maximum Gasteiger partial charge on any atom is 0.294 e. The summed E-state index contributed by atoms with van der Waals surface area (Å²) in [5.74, 6) is 1.27. The van der Waals surface area contributed by atoms with Gasteiger partial charge < -0.3 is 46.1 Å². The van der Waals surface area contributed by atoms with Crippen molar-refractivity contribution in [2.75, 3.05) is 29.4 Å². The van der Waals surface area contributed by atoms with Crippen molar-refractivity contribution in [2.45, 2.75) is 165 Å². The Balaban J connectivity index is 0.850. The highest BCUT2D eigenvalue weighted by molar-refractivity contribution is 7.86. The summed E-state index contributed by atoms with van der Waals surface area (Å²) in [7, 11) is -9.03. The molecule has 9 rings (SSSR count). The Morgan fingerprint density at radius 3 is 2.20 bits per heavy atom. The van der Waals surface area contributed by atoms with Crippen LogP contribution in [-0.4, -0.2) is 92.1 Å². The lowest BCUT2D eigenvalue weighted by atomic mass is 9.68. The quantitative estimate of drug-likeness (QED) is 0.0388. The van der Waals surface area contributed by atoms with E-state index in [0.717, 1.165) is 62.7 Å². The van der Waals surface area contributed by atoms with E-state index in [4.69, 9.17) is 15.2 Å². The Kier molecular flexibility index (Phi) is 16.4. The normalized spacial score (nSPS) is 24.4. The summed E-state index contributed by atoms with van der Waals surface area (Å²) in [4.78, 5) is 39.7. The summed E-state index contributed by atoms with van der Waals surface area (Å²) in [5, 5.41) is 23.1. The van der Waals surface area contributed by atoms with Crippen LogP contribution >= 0.6 is 0 Å². The number of hydrogen-bond donors (Lipinski definition) is 8. The van der Waals surface area contributed by atoms with Crippen LogP contribution in [0.15, 0.2) is 139 Å².